The summed E-state index contributed by atoms with van der Waals surface area (Å²) in [6, 6.07) is 15.9. The summed E-state index contributed by atoms with van der Waals surface area (Å²) in [6.07, 6.45) is 1.06. The predicted octanol–water partition coefficient (Wildman–Crippen LogP) is 5.07. The lowest BCUT2D eigenvalue weighted by atomic mass is 9.59. The Balaban J connectivity index is 1.20. The van der Waals surface area contributed by atoms with Crippen LogP contribution in [0.5, 0.6) is 23.0 Å². The lowest BCUT2D eigenvalue weighted by molar-refractivity contribution is -0.128. The van der Waals surface area contributed by atoms with E-state index in [0.29, 0.717) is 33.9 Å². The number of aryl methyl sites for hydroxylation is 2. The number of rotatable bonds is 9. The first-order chi connectivity index (χ1) is 27.7. The number of hydrogen-bond acceptors (Lipinski definition) is 10. The Morgan fingerprint density at radius 1 is 0.897 bits per heavy atom. The highest BCUT2D eigenvalue weighted by Crippen LogP contribution is 2.64. The first-order valence-electron chi connectivity index (χ1n) is 17.9. The highest BCUT2D eigenvalue weighted by molar-refractivity contribution is 6.66. The van der Waals surface area contributed by atoms with Crippen molar-refractivity contribution < 1.29 is 28.9 Å². The van der Waals surface area contributed by atoms with Gasteiger partial charge in [-0.05, 0) is 17.2 Å². The molecule has 1 saturated carbocycles. The Bertz CT molecular complexity index is 2830. The van der Waals surface area contributed by atoms with E-state index in [0.717, 1.165) is 14.8 Å². The van der Waals surface area contributed by atoms with Gasteiger partial charge in [0, 0.05) is 56.1 Å². The number of alkyl halides is 2. The molecule has 2 aliphatic carbocycles. The van der Waals surface area contributed by atoms with Gasteiger partial charge in [-0.1, -0.05) is 65.7 Å². The van der Waals surface area contributed by atoms with Crippen LogP contribution >= 0.6 is 46.4 Å². The van der Waals surface area contributed by atoms with Gasteiger partial charge in [0.05, 0.1) is 37.8 Å². The van der Waals surface area contributed by atoms with E-state index in [1.165, 1.54) is 35.6 Å². The number of carbonyl (C=O) groups is 2. The second-order valence-corrected chi connectivity index (χ2v) is 16.2. The molecular formula is C40H33Cl4N5O9. The van der Waals surface area contributed by atoms with E-state index in [4.69, 9.17) is 60.6 Å². The Hall–Kier alpha value is -5.28. The number of nitrogens with zero attached hydrogens (tertiary/aromatic N) is 5. The monoisotopic (exact) mass is 867 g/mol. The highest BCUT2D eigenvalue weighted by atomic mass is 35.5. The molecule has 1 fully saturated rings. The molecule has 0 unspecified atom stereocenters. The molecule has 1 aliphatic heterocycles. The van der Waals surface area contributed by atoms with E-state index in [2.05, 4.69) is 4.98 Å². The topological polar surface area (TPSA) is 166 Å². The fourth-order valence-corrected chi connectivity index (χ4v) is 9.76. The molecule has 0 spiro atoms. The molecule has 14 nitrogen and oxygen atoms in total. The zero-order chi connectivity index (χ0) is 41.4. The van der Waals surface area contributed by atoms with Gasteiger partial charge in [-0.15, -0.1) is 23.2 Å². The summed E-state index contributed by atoms with van der Waals surface area (Å²) in [5, 5.41) is 10.3. The van der Waals surface area contributed by atoms with Gasteiger partial charge in [-0.25, -0.2) is 28.5 Å². The fourth-order valence-electron chi connectivity index (χ4n) is 8.24. The van der Waals surface area contributed by atoms with Crippen molar-refractivity contribution in [2.24, 2.45) is 7.05 Å². The van der Waals surface area contributed by atoms with Crippen LogP contribution in [0.4, 0.5) is 0 Å². The number of carbonyl (C=O) groups excluding carboxylic acids is 2. The number of phenolic OH excluding ortho intramolecular Hbond substituents is 1. The van der Waals surface area contributed by atoms with E-state index in [1.54, 1.807) is 31.3 Å². The molecule has 0 bridgehead atoms. The van der Waals surface area contributed by atoms with Gasteiger partial charge in [-0.2, -0.15) is 0 Å². The third-order valence-corrected chi connectivity index (χ3v) is 13.4. The van der Waals surface area contributed by atoms with Crippen LogP contribution in [0, 0.1) is 0 Å². The Labute approximate surface area is 349 Å². The molecule has 5 aromatic rings. The second kappa shape index (κ2) is 14.5. The molecule has 4 atom stereocenters. The van der Waals surface area contributed by atoms with Gasteiger partial charge >= 0.3 is 11.4 Å². The van der Waals surface area contributed by atoms with Gasteiger partial charge in [0.1, 0.15) is 43.6 Å². The average Bonchev–Trinajstić information content (AvgIpc) is 3.47. The summed E-state index contributed by atoms with van der Waals surface area (Å²) < 4.78 is 21.4. The SMILES string of the molecule is COc1cc2nc(CCn3c(=O)n4n(c3=O)[C@@H]3C[C@@]5(Cl)C(=O)C(Cl)=C(Cl)C(=O)[C@@]5(Cl)[C@@H](c5ccc(OCc6ccccc6)cc5O)C3=CC4)c(=O)n(C)c2cc1OC. The van der Waals surface area contributed by atoms with Crippen LogP contribution in [0.2, 0.25) is 0 Å². The third-order valence-electron chi connectivity index (χ3n) is 11.2. The number of phenols is 1. The van der Waals surface area contributed by atoms with Crippen LogP contribution in [0.25, 0.3) is 11.0 Å². The molecule has 18 heteroatoms. The average molecular weight is 870 g/mol. The zero-order valence-corrected chi connectivity index (χ0v) is 34.0. The van der Waals surface area contributed by atoms with Crippen LogP contribution < -0.4 is 31.1 Å². The summed E-state index contributed by atoms with van der Waals surface area (Å²) >= 11 is 27.3. The minimum atomic E-state index is -2.34. The zero-order valence-electron chi connectivity index (χ0n) is 31.0. The van der Waals surface area contributed by atoms with E-state index >= 15 is 0 Å². The lowest BCUT2D eigenvalue weighted by Crippen LogP contribution is -2.67. The maximum absolute atomic E-state index is 14.4. The second-order valence-electron chi connectivity index (χ2n) is 14.2. The predicted molar refractivity (Wildman–Crippen MR) is 216 cm³/mol. The Kier molecular flexibility index (Phi) is 9.90. The number of aromatic hydroxyl groups is 1. The summed E-state index contributed by atoms with van der Waals surface area (Å²) in [6.45, 7) is -0.205. The number of Topliss-reactive ketones (excluding diaryl/α,β-unsaturated/α-hetero) is 2. The summed E-state index contributed by atoms with van der Waals surface area (Å²) in [7, 11) is 4.51. The van der Waals surface area contributed by atoms with Crippen molar-refractivity contribution in [2.75, 3.05) is 14.2 Å². The van der Waals surface area contributed by atoms with Crippen molar-refractivity contribution in [3.8, 4) is 23.0 Å². The summed E-state index contributed by atoms with van der Waals surface area (Å²) in [5.74, 6) is -2.52. The molecule has 300 valence electrons. The number of ether oxygens (including phenoxy) is 3. The maximum atomic E-state index is 14.4. The molecule has 0 radical (unpaired) electrons. The first-order valence-corrected chi connectivity index (χ1v) is 19.4. The van der Waals surface area contributed by atoms with Gasteiger partial charge in [0.15, 0.2) is 23.1 Å². The lowest BCUT2D eigenvalue weighted by Gasteiger charge is -2.54. The van der Waals surface area contributed by atoms with E-state index in [-0.39, 0.29) is 43.1 Å². The molecule has 0 saturated heterocycles. The van der Waals surface area contributed by atoms with Gasteiger partial charge in [0.2, 0.25) is 0 Å². The molecule has 8 rings (SSSR count). The number of aromatic nitrogens is 5. The van der Waals surface area contributed by atoms with Crippen molar-refractivity contribution in [3.63, 3.8) is 0 Å². The Morgan fingerprint density at radius 2 is 1.59 bits per heavy atom. The van der Waals surface area contributed by atoms with Crippen molar-refractivity contribution in [1.82, 2.24) is 23.5 Å². The van der Waals surface area contributed by atoms with Gasteiger partial charge < -0.3 is 23.9 Å². The van der Waals surface area contributed by atoms with Crippen molar-refractivity contribution in [2.45, 2.75) is 54.2 Å². The van der Waals surface area contributed by atoms with Gasteiger partial charge in [-0.3, -0.25) is 14.4 Å². The first kappa shape index (κ1) is 39.5. The van der Waals surface area contributed by atoms with Crippen LogP contribution in [0.3, 0.4) is 0 Å². The molecule has 0 amide bonds. The molecule has 2 aromatic heterocycles. The standard InChI is InChI=1S/C40H33Cl4N5O9/c1-46-26-17-30(57-3)29(56-2)16-25(26)45-24(36(46)53)12-13-47-37(54)48-14-11-22-27(49(48)38(47)55)18-39(43)34(51)32(41)33(42)35(52)40(39,44)31(22)23-10-9-21(15-28(23)50)58-19-20-7-5-4-6-8-20/h4-11,15-17,27,31,50H,12-14,18-19H2,1-3H3/t27-,31-,39-,40+/m1/s1. The number of allylic oxidation sites excluding steroid dienone is 4. The van der Waals surface area contributed by atoms with E-state index in [9.17, 15) is 29.1 Å². The number of hydrogen-bond donors (Lipinski definition) is 1. The minimum Gasteiger partial charge on any atom is -0.508 e. The van der Waals surface area contributed by atoms with E-state index in [1.807, 2.05) is 30.3 Å². The normalized spacial score (nSPS) is 22.6. The van der Waals surface area contributed by atoms with Crippen molar-refractivity contribution >= 4 is 69.0 Å². The molecule has 58 heavy (non-hydrogen) atoms. The van der Waals surface area contributed by atoms with Crippen molar-refractivity contribution in [3.05, 3.63) is 131 Å². The number of fused-ring (bicyclic) bond motifs is 5. The quantitative estimate of drug-likeness (QED) is 0.156. The number of ketones is 2. The molecule has 3 aromatic carbocycles. The highest BCUT2D eigenvalue weighted by Gasteiger charge is 2.71. The largest absolute Gasteiger partial charge is 0.508 e. The molecule has 3 aliphatic rings. The smallest absolute Gasteiger partial charge is 0.347 e. The van der Waals surface area contributed by atoms with Crippen LogP contribution in [0.1, 0.15) is 35.2 Å². The van der Waals surface area contributed by atoms with Gasteiger partial charge in [0.25, 0.3) is 5.56 Å². The maximum Gasteiger partial charge on any atom is 0.347 e. The molecule has 3 heterocycles. The van der Waals surface area contributed by atoms with E-state index < -0.39 is 66.7 Å². The summed E-state index contributed by atoms with van der Waals surface area (Å²) in [5.41, 5.74) is 0.348. The number of methoxy groups -OCH3 is 2. The third kappa shape index (κ3) is 5.82. The summed E-state index contributed by atoms with van der Waals surface area (Å²) in [4.78, 5) is 69.9. The Morgan fingerprint density at radius 3 is 2.28 bits per heavy atom. The van der Waals surface area contributed by atoms with Crippen molar-refractivity contribution in [1.29, 1.82) is 0 Å². The number of benzene rings is 3. The number of halogens is 4. The van der Waals surface area contributed by atoms with Crippen LogP contribution in [-0.4, -0.2) is 64.1 Å². The molecular weight excluding hydrogens is 836 g/mol. The van der Waals surface area contributed by atoms with Crippen LogP contribution in [0.15, 0.2) is 96.8 Å². The fraction of sp³-hybridized carbons (Fsp3) is 0.300. The van der Waals surface area contributed by atoms with Crippen LogP contribution in [-0.2, 0) is 42.8 Å². The minimum absolute atomic E-state index is 0.0853. The molecule has 1 N–H and O–H groups in total.